The SMILES string of the molecule is C=CC(=O)OCCN1CCN(CCOC(=O)C=C)C(=O)C1=O. The maximum absolute atomic E-state index is 11.9. The first-order valence-electron chi connectivity index (χ1n) is 6.66. The molecular formula is C14H18N2O6. The van der Waals surface area contributed by atoms with Gasteiger partial charge in [-0.25, -0.2) is 9.59 Å². The monoisotopic (exact) mass is 310 g/mol. The molecule has 1 saturated heterocycles. The third kappa shape index (κ3) is 5.04. The maximum Gasteiger partial charge on any atom is 0.330 e. The molecule has 1 rings (SSSR count). The van der Waals surface area contributed by atoms with Crippen LogP contribution in [0.4, 0.5) is 0 Å². The number of nitrogens with zero attached hydrogens (tertiary/aromatic N) is 2. The molecule has 0 atom stereocenters. The Morgan fingerprint density at radius 2 is 1.27 bits per heavy atom. The predicted octanol–water partition coefficient (Wildman–Crippen LogP) is -0.884. The number of carbonyl (C=O) groups excluding carboxylic acids is 4. The fraction of sp³-hybridized carbons (Fsp3) is 0.429. The summed E-state index contributed by atoms with van der Waals surface area (Å²) in [6, 6.07) is 0. The van der Waals surface area contributed by atoms with Crippen LogP contribution in [0.2, 0.25) is 0 Å². The van der Waals surface area contributed by atoms with Crippen molar-refractivity contribution in [3.05, 3.63) is 25.3 Å². The molecule has 0 aromatic rings. The van der Waals surface area contributed by atoms with Crippen molar-refractivity contribution >= 4 is 23.8 Å². The highest BCUT2D eigenvalue weighted by Gasteiger charge is 2.32. The van der Waals surface area contributed by atoms with Gasteiger partial charge in [0.05, 0.1) is 13.1 Å². The van der Waals surface area contributed by atoms with Gasteiger partial charge in [-0.3, -0.25) is 9.59 Å². The third-order valence-corrected chi connectivity index (χ3v) is 2.94. The molecule has 1 aliphatic heterocycles. The van der Waals surface area contributed by atoms with Crippen LogP contribution >= 0.6 is 0 Å². The van der Waals surface area contributed by atoms with Crippen molar-refractivity contribution in [2.75, 3.05) is 39.4 Å². The summed E-state index contributed by atoms with van der Waals surface area (Å²) in [5.41, 5.74) is 0. The van der Waals surface area contributed by atoms with Crippen molar-refractivity contribution in [1.82, 2.24) is 9.80 Å². The summed E-state index contributed by atoms with van der Waals surface area (Å²) in [6.07, 6.45) is 2.05. The molecule has 1 aliphatic rings. The fourth-order valence-electron chi connectivity index (χ4n) is 1.77. The normalized spacial score (nSPS) is 14.5. The van der Waals surface area contributed by atoms with Gasteiger partial charge in [0.1, 0.15) is 13.2 Å². The highest BCUT2D eigenvalue weighted by molar-refractivity contribution is 6.35. The molecular weight excluding hydrogens is 292 g/mol. The molecule has 0 unspecified atom stereocenters. The van der Waals surface area contributed by atoms with Crippen LogP contribution in [0.25, 0.3) is 0 Å². The molecule has 0 aromatic heterocycles. The van der Waals surface area contributed by atoms with E-state index in [1.54, 1.807) is 0 Å². The van der Waals surface area contributed by atoms with E-state index in [9.17, 15) is 19.2 Å². The molecule has 1 fully saturated rings. The van der Waals surface area contributed by atoms with Gasteiger partial charge in [-0.05, 0) is 0 Å². The summed E-state index contributed by atoms with van der Waals surface area (Å²) < 4.78 is 9.53. The van der Waals surface area contributed by atoms with Gasteiger partial charge in [-0.15, -0.1) is 0 Å². The second kappa shape index (κ2) is 8.60. The average molecular weight is 310 g/mol. The molecule has 0 aliphatic carbocycles. The molecule has 8 heteroatoms. The Bertz CT molecular complexity index is 444. The van der Waals surface area contributed by atoms with Crippen molar-refractivity contribution in [3.63, 3.8) is 0 Å². The lowest BCUT2D eigenvalue weighted by Crippen LogP contribution is -2.55. The average Bonchev–Trinajstić information content (AvgIpc) is 2.52. The Labute approximate surface area is 127 Å². The first-order chi connectivity index (χ1) is 10.5. The van der Waals surface area contributed by atoms with Gasteiger partial charge in [0, 0.05) is 25.2 Å². The molecule has 2 amide bonds. The van der Waals surface area contributed by atoms with Crippen LogP contribution in [0.3, 0.4) is 0 Å². The Kier molecular flexibility index (Phi) is 6.81. The van der Waals surface area contributed by atoms with Gasteiger partial charge in [0.15, 0.2) is 0 Å². The standard InChI is InChI=1S/C14H18N2O6/c1-3-11(17)21-9-7-15-5-6-16(14(20)13(15)19)8-10-22-12(18)4-2/h3-4H,1-2,5-10H2. The van der Waals surface area contributed by atoms with Gasteiger partial charge in [0.25, 0.3) is 0 Å². The highest BCUT2D eigenvalue weighted by atomic mass is 16.5. The van der Waals surface area contributed by atoms with Crippen LogP contribution in [0.1, 0.15) is 0 Å². The van der Waals surface area contributed by atoms with Crippen LogP contribution < -0.4 is 0 Å². The van der Waals surface area contributed by atoms with E-state index >= 15 is 0 Å². The van der Waals surface area contributed by atoms with E-state index in [0.29, 0.717) is 13.1 Å². The summed E-state index contributed by atoms with van der Waals surface area (Å²) in [4.78, 5) is 48.2. The maximum atomic E-state index is 11.9. The minimum Gasteiger partial charge on any atom is -0.461 e. The van der Waals surface area contributed by atoms with Crippen molar-refractivity contribution in [2.24, 2.45) is 0 Å². The lowest BCUT2D eigenvalue weighted by Gasteiger charge is -2.33. The minimum atomic E-state index is -0.670. The topological polar surface area (TPSA) is 93.2 Å². The van der Waals surface area contributed by atoms with E-state index in [-0.39, 0.29) is 26.3 Å². The number of hydrogen-bond donors (Lipinski definition) is 0. The van der Waals surface area contributed by atoms with Gasteiger partial charge in [-0.2, -0.15) is 0 Å². The molecule has 22 heavy (non-hydrogen) atoms. The minimum absolute atomic E-state index is 0.000814. The van der Waals surface area contributed by atoms with Crippen molar-refractivity contribution in [1.29, 1.82) is 0 Å². The quantitative estimate of drug-likeness (QED) is 0.328. The third-order valence-electron chi connectivity index (χ3n) is 2.94. The molecule has 0 radical (unpaired) electrons. The van der Waals surface area contributed by atoms with Crippen molar-refractivity contribution in [2.45, 2.75) is 0 Å². The summed E-state index contributed by atoms with van der Waals surface area (Å²) in [5, 5.41) is 0. The lowest BCUT2D eigenvalue weighted by atomic mass is 10.3. The number of esters is 2. The lowest BCUT2D eigenvalue weighted by molar-refractivity contribution is -0.158. The molecule has 0 saturated carbocycles. The van der Waals surface area contributed by atoms with Crippen LogP contribution in [0.15, 0.2) is 25.3 Å². The zero-order valence-electron chi connectivity index (χ0n) is 12.2. The molecule has 8 nitrogen and oxygen atoms in total. The van der Waals surface area contributed by atoms with Crippen LogP contribution in [-0.4, -0.2) is 72.9 Å². The van der Waals surface area contributed by atoms with E-state index in [2.05, 4.69) is 13.2 Å². The number of carbonyl (C=O) groups is 4. The van der Waals surface area contributed by atoms with Crippen molar-refractivity contribution in [3.8, 4) is 0 Å². The van der Waals surface area contributed by atoms with Gasteiger partial charge in [-0.1, -0.05) is 13.2 Å². The first kappa shape index (κ1) is 17.4. The zero-order valence-corrected chi connectivity index (χ0v) is 12.2. The van der Waals surface area contributed by atoms with E-state index < -0.39 is 23.8 Å². The predicted molar refractivity (Wildman–Crippen MR) is 75.5 cm³/mol. The smallest absolute Gasteiger partial charge is 0.330 e. The van der Waals surface area contributed by atoms with E-state index in [0.717, 1.165) is 12.2 Å². The summed E-state index contributed by atoms with van der Waals surface area (Å²) in [6.45, 7) is 7.44. The summed E-state index contributed by atoms with van der Waals surface area (Å²) in [5.74, 6) is -2.50. The largest absolute Gasteiger partial charge is 0.461 e. The number of piperazine rings is 1. The van der Waals surface area contributed by atoms with Gasteiger partial charge in [0.2, 0.25) is 0 Å². The molecule has 1 heterocycles. The Morgan fingerprint density at radius 1 is 0.909 bits per heavy atom. The zero-order chi connectivity index (χ0) is 16.5. The van der Waals surface area contributed by atoms with Crippen LogP contribution in [0, 0.1) is 0 Å². The number of amides is 2. The molecule has 0 aromatic carbocycles. The highest BCUT2D eigenvalue weighted by Crippen LogP contribution is 2.05. The molecule has 120 valence electrons. The Hall–Kier alpha value is -2.64. The van der Waals surface area contributed by atoms with E-state index in [1.807, 2.05) is 0 Å². The summed E-state index contributed by atoms with van der Waals surface area (Å²) in [7, 11) is 0. The Morgan fingerprint density at radius 3 is 1.59 bits per heavy atom. The number of rotatable bonds is 8. The second-order valence-corrected chi connectivity index (χ2v) is 4.33. The fourth-order valence-corrected chi connectivity index (χ4v) is 1.77. The molecule has 0 bridgehead atoms. The van der Waals surface area contributed by atoms with Crippen LogP contribution in [-0.2, 0) is 28.7 Å². The van der Waals surface area contributed by atoms with Crippen molar-refractivity contribution < 1.29 is 28.7 Å². The number of hydrogen-bond acceptors (Lipinski definition) is 6. The summed E-state index contributed by atoms with van der Waals surface area (Å²) >= 11 is 0. The van der Waals surface area contributed by atoms with E-state index in [4.69, 9.17) is 9.47 Å². The second-order valence-electron chi connectivity index (χ2n) is 4.33. The molecule has 0 spiro atoms. The number of ether oxygens (including phenoxy) is 2. The molecule has 0 N–H and O–H groups in total. The first-order valence-corrected chi connectivity index (χ1v) is 6.66. The Balaban J connectivity index is 2.38. The van der Waals surface area contributed by atoms with Gasteiger partial charge >= 0.3 is 23.8 Å². The van der Waals surface area contributed by atoms with Gasteiger partial charge < -0.3 is 19.3 Å². The van der Waals surface area contributed by atoms with Crippen LogP contribution in [0.5, 0.6) is 0 Å². The van der Waals surface area contributed by atoms with E-state index in [1.165, 1.54) is 9.80 Å².